The van der Waals surface area contributed by atoms with Gasteiger partial charge in [0.25, 0.3) is 47.3 Å². The Bertz CT molecular complexity index is 2470. The number of hydroxylamine groups is 8. The zero-order valence-corrected chi connectivity index (χ0v) is 46.3. The molecule has 0 saturated carbocycles. The van der Waals surface area contributed by atoms with E-state index in [1.54, 1.807) is 26.5 Å². The molecule has 33 heteroatoms. The Balaban J connectivity index is 0.000000249. The van der Waals surface area contributed by atoms with Crippen LogP contribution >= 0.6 is 0 Å². The molecular weight excluding hydrogens is 1060 g/mol. The van der Waals surface area contributed by atoms with E-state index in [9.17, 15) is 38.4 Å². The zero-order chi connectivity index (χ0) is 57.8. The number of carbonyl (C=O) groups is 8. The smallest absolute Gasteiger partial charge is 0.283 e. The normalized spacial score (nSPS) is 18.1. The fraction of sp³-hybridized carbons (Fsp3) is 0.578. The van der Waals surface area contributed by atoms with Gasteiger partial charge in [-0.3, -0.25) is 57.7 Å². The van der Waals surface area contributed by atoms with E-state index in [1.165, 1.54) is 52.3 Å². The number of aromatic nitrogens is 7. The van der Waals surface area contributed by atoms with Crippen molar-refractivity contribution in [3.8, 4) is 0 Å². The lowest BCUT2D eigenvalue weighted by Gasteiger charge is -2.16. The minimum atomic E-state index is -1.11. The Labute approximate surface area is 448 Å². The number of para-hydroxylation sites is 1. The van der Waals surface area contributed by atoms with Crippen LogP contribution in [-0.4, -0.2) is 226 Å². The van der Waals surface area contributed by atoms with Gasteiger partial charge in [0.15, 0.2) is 18.3 Å². The van der Waals surface area contributed by atoms with Crippen molar-refractivity contribution < 1.29 is 101 Å². The standard InChI is InChI=1S/C11H21NO5Si.C9H15NO6.C7H7N3O.C7H11NO5.C6H6N4O.C5H7NO3/c1-15-12-10(13)7-9(11(12)14)17-8-16-5-6-18(2,3)4;1-13-3-4-15-6-16-7-5-8(11)10(14-2)9(7)12;1-11-10-7-5-3-2-4-6(7)8-9-10;1-11-4-13-5-3-6(9)8(12-2)7(5)10;1-11-10-6-5(8-9-10)3-2-4-7-6;1-9-6-4(7)2-3-5(6)8/h9H,5-8H2,1-4H3;7H,3-6H2,1-2H3;2-5H,1H3;5H,3-4H2,1-2H3;2-4H,1H3;2-3H2,1H3. The highest BCUT2D eigenvalue weighted by Crippen LogP contribution is 2.19. The summed E-state index contributed by atoms with van der Waals surface area (Å²) < 4.78 is 35.0. The summed E-state index contributed by atoms with van der Waals surface area (Å²) in [6.07, 6.45) is -0.104. The molecule has 432 valence electrons. The molecule has 0 aliphatic carbocycles. The van der Waals surface area contributed by atoms with Crippen molar-refractivity contribution in [3.63, 3.8) is 0 Å². The molecule has 32 nitrogen and oxygen atoms in total. The first-order valence-electron chi connectivity index (χ1n) is 23.5. The number of carbonyl (C=O) groups excluding carboxylic acids is 8. The van der Waals surface area contributed by atoms with Crippen molar-refractivity contribution in [2.24, 2.45) is 0 Å². The van der Waals surface area contributed by atoms with E-state index < -0.39 is 55.9 Å². The van der Waals surface area contributed by atoms with Crippen molar-refractivity contribution in [2.45, 2.75) is 76.1 Å². The van der Waals surface area contributed by atoms with Crippen LogP contribution in [0.3, 0.4) is 0 Å². The summed E-state index contributed by atoms with van der Waals surface area (Å²) in [7, 11) is 10.1. The average molecular weight is 1130 g/mol. The number of hydrogen-bond donors (Lipinski definition) is 0. The number of amides is 8. The number of imide groups is 4. The second kappa shape index (κ2) is 34.1. The topological polar surface area (TPSA) is 344 Å². The van der Waals surface area contributed by atoms with Crippen LogP contribution in [0, 0.1) is 0 Å². The first-order valence-corrected chi connectivity index (χ1v) is 27.2. The molecule has 7 heterocycles. The first-order chi connectivity index (χ1) is 37.3. The van der Waals surface area contributed by atoms with E-state index in [-0.39, 0.29) is 70.2 Å². The Hall–Kier alpha value is -6.89. The lowest BCUT2D eigenvalue weighted by atomic mass is 10.3. The monoisotopic (exact) mass is 1130 g/mol. The molecule has 0 radical (unpaired) electrons. The van der Waals surface area contributed by atoms with Crippen LogP contribution in [0.25, 0.3) is 22.2 Å². The van der Waals surface area contributed by atoms with Gasteiger partial charge < -0.3 is 42.8 Å². The van der Waals surface area contributed by atoms with Crippen LogP contribution in [0.4, 0.5) is 0 Å². The summed E-state index contributed by atoms with van der Waals surface area (Å²) in [6, 6.07) is 12.3. The summed E-state index contributed by atoms with van der Waals surface area (Å²) in [6.45, 7) is 8.19. The number of hydrogen-bond acceptors (Lipinski definition) is 26. The third-order valence-corrected chi connectivity index (χ3v) is 12.0. The molecule has 4 saturated heterocycles. The molecule has 8 amide bonds. The van der Waals surface area contributed by atoms with Crippen LogP contribution in [0.2, 0.25) is 25.7 Å². The molecule has 0 bridgehead atoms. The second-order valence-electron chi connectivity index (χ2n) is 16.9. The number of fused-ring (bicyclic) bond motifs is 2. The lowest BCUT2D eigenvalue weighted by molar-refractivity contribution is -0.185. The second-order valence-corrected chi connectivity index (χ2v) is 22.5. The Kier molecular flexibility index (Phi) is 28.6. The van der Waals surface area contributed by atoms with E-state index >= 15 is 0 Å². The molecule has 0 N–H and O–H groups in total. The van der Waals surface area contributed by atoms with Crippen molar-refractivity contribution in [3.05, 3.63) is 42.6 Å². The number of methoxy groups -OCH3 is 2. The third kappa shape index (κ3) is 20.2. The summed E-state index contributed by atoms with van der Waals surface area (Å²) >= 11 is 0. The highest BCUT2D eigenvalue weighted by molar-refractivity contribution is 6.76. The summed E-state index contributed by atoms with van der Waals surface area (Å²) in [5, 5.41) is 18.1. The summed E-state index contributed by atoms with van der Waals surface area (Å²) in [5.41, 5.74) is 3.09. The number of pyridine rings is 1. The lowest BCUT2D eigenvalue weighted by Crippen LogP contribution is -2.32. The molecule has 78 heavy (non-hydrogen) atoms. The molecule has 1 aromatic carbocycles. The van der Waals surface area contributed by atoms with Gasteiger partial charge in [-0.1, -0.05) is 41.5 Å². The van der Waals surface area contributed by atoms with E-state index in [4.69, 9.17) is 38.1 Å². The van der Waals surface area contributed by atoms with E-state index in [0.717, 1.165) is 32.7 Å². The zero-order valence-electron chi connectivity index (χ0n) is 45.3. The molecule has 4 fully saturated rings. The fourth-order valence-corrected chi connectivity index (χ4v) is 7.13. The van der Waals surface area contributed by atoms with Gasteiger partial charge in [0.05, 0.1) is 60.9 Å². The fourth-order valence-electron chi connectivity index (χ4n) is 6.37. The minimum absolute atomic E-state index is 0.00995. The molecule has 3 aromatic heterocycles. The SMILES string of the molecule is COCCOCOC1CC(=O)N(OC)C1=O.COCOC1CC(=O)N(OC)C1=O.CON1C(=O)CC(OCOCC[Si](C)(C)C)C1=O.CON1C(=O)CCC1=O.COn1nnc2ccccc21.COn1nnc2cccnc21. The van der Waals surface area contributed by atoms with Crippen molar-refractivity contribution in [2.75, 3.05) is 97.1 Å². The Morgan fingerprint density at radius 1 is 0.487 bits per heavy atom. The maximum Gasteiger partial charge on any atom is 0.283 e. The summed E-state index contributed by atoms with van der Waals surface area (Å²) in [5.74, 6) is -3.12. The van der Waals surface area contributed by atoms with E-state index in [2.05, 4.69) is 69.3 Å². The van der Waals surface area contributed by atoms with Crippen LogP contribution in [0.5, 0.6) is 0 Å². The number of nitrogens with zero attached hydrogens (tertiary/aromatic N) is 11. The van der Waals surface area contributed by atoms with Crippen molar-refractivity contribution in [1.29, 1.82) is 0 Å². The molecule has 3 atom stereocenters. The first kappa shape index (κ1) is 65.4. The van der Waals surface area contributed by atoms with Gasteiger partial charge >= 0.3 is 0 Å². The van der Waals surface area contributed by atoms with Crippen LogP contribution in [0.1, 0.15) is 32.1 Å². The molecule has 8 rings (SSSR count). The van der Waals surface area contributed by atoms with Gasteiger partial charge in [0.1, 0.15) is 51.1 Å². The predicted molar refractivity (Wildman–Crippen MR) is 265 cm³/mol. The van der Waals surface area contributed by atoms with Crippen molar-refractivity contribution >= 4 is 77.5 Å². The van der Waals surface area contributed by atoms with E-state index in [1.807, 2.05) is 30.3 Å². The highest BCUT2D eigenvalue weighted by atomic mass is 28.3. The molecule has 0 spiro atoms. The summed E-state index contributed by atoms with van der Waals surface area (Å²) in [4.78, 5) is 124. The minimum Gasteiger partial charge on any atom is -0.398 e. The quantitative estimate of drug-likeness (QED) is 0.0447. The largest absolute Gasteiger partial charge is 0.398 e. The van der Waals surface area contributed by atoms with Crippen LogP contribution in [0.15, 0.2) is 42.6 Å². The molecule has 3 unspecified atom stereocenters. The Morgan fingerprint density at radius 3 is 1.37 bits per heavy atom. The van der Waals surface area contributed by atoms with Crippen LogP contribution in [-0.2, 0) is 90.9 Å². The van der Waals surface area contributed by atoms with Crippen LogP contribution < -0.4 is 9.68 Å². The average Bonchev–Trinajstić information content (AvgIpc) is 4.29. The van der Waals surface area contributed by atoms with Gasteiger partial charge in [-0.25, -0.2) is 4.98 Å². The van der Waals surface area contributed by atoms with Gasteiger partial charge in [-0.15, -0.1) is 10.2 Å². The maximum atomic E-state index is 11.6. The molecular formula is C45H67N11O21Si. The third-order valence-electron chi connectivity index (χ3n) is 10.3. The van der Waals surface area contributed by atoms with E-state index in [0.29, 0.717) is 35.6 Å². The molecule has 4 aliphatic heterocycles. The Morgan fingerprint density at radius 2 is 0.936 bits per heavy atom. The van der Waals surface area contributed by atoms with Gasteiger partial charge in [0, 0.05) is 47.9 Å². The predicted octanol–water partition coefficient (Wildman–Crippen LogP) is -0.316. The van der Waals surface area contributed by atoms with Crippen molar-refractivity contribution in [1.82, 2.24) is 55.6 Å². The molecule has 4 aliphatic rings. The number of rotatable bonds is 21. The van der Waals surface area contributed by atoms with Gasteiger partial charge in [0.2, 0.25) is 5.65 Å². The molecule has 4 aromatic rings. The van der Waals surface area contributed by atoms with Gasteiger partial charge in [-0.2, -0.15) is 20.3 Å². The highest BCUT2D eigenvalue weighted by Gasteiger charge is 2.42. The number of ether oxygens (including phenoxy) is 7. The maximum absolute atomic E-state index is 11.6. The number of benzene rings is 1. The van der Waals surface area contributed by atoms with Gasteiger partial charge in [-0.05, 0) is 40.7 Å².